The molecule has 0 spiro atoms. The Morgan fingerprint density at radius 1 is 1.03 bits per heavy atom. The Kier molecular flexibility index (Phi) is 7.41. The SMILES string of the molecule is O=C(NCC1CCC(Cl)C(Cl)C1)C1CC(Cn2ccnc2)CC(N2CCCC2)C1. The Morgan fingerprint density at radius 3 is 2.59 bits per heavy atom. The maximum atomic E-state index is 13.1. The number of carbonyl (C=O) groups excluding carboxylic acids is 1. The number of carbonyl (C=O) groups is 1. The van der Waals surface area contributed by atoms with Gasteiger partial charge in [-0.2, -0.15) is 0 Å². The van der Waals surface area contributed by atoms with Gasteiger partial charge < -0.3 is 14.8 Å². The van der Waals surface area contributed by atoms with Gasteiger partial charge in [-0.25, -0.2) is 4.98 Å². The lowest BCUT2D eigenvalue weighted by atomic mass is 9.77. The van der Waals surface area contributed by atoms with E-state index in [0.717, 1.165) is 45.2 Å². The predicted octanol–water partition coefficient (Wildman–Crippen LogP) is 3.89. The van der Waals surface area contributed by atoms with Gasteiger partial charge in [-0.3, -0.25) is 4.79 Å². The molecule has 1 saturated heterocycles. The molecule has 0 aromatic carbocycles. The van der Waals surface area contributed by atoms with Crippen LogP contribution in [0, 0.1) is 17.8 Å². The zero-order valence-electron chi connectivity index (χ0n) is 17.2. The Morgan fingerprint density at radius 2 is 1.86 bits per heavy atom. The van der Waals surface area contributed by atoms with Crippen LogP contribution in [0.1, 0.15) is 51.4 Å². The van der Waals surface area contributed by atoms with Crippen LogP contribution in [0.4, 0.5) is 0 Å². The molecule has 5 nitrogen and oxygen atoms in total. The van der Waals surface area contributed by atoms with Crippen molar-refractivity contribution in [1.29, 1.82) is 0 Å². The summed E-state index contributed by atoms with van der Waals surface area (Å²) in [5.41, 5.74) is 0. The first-order valence-electron chi connectivity index (χ1n) is 11.3. The highest BCUT2D eigenvalue weighted by molar-refractivity contribution is 6.30. The third kappa shape index (κ3) is 5.68. The van der Waals surface area contributed by atoms with Gasteiger partial charge in [0.2, 0.25) is 5.91 Å². The molecule has 1 N–H and O–H groups in total. The quantitative estimate of drug-likeness (QED) is 0.682. The van der Waals surface area contributed by atoms with Crippen molar-refractivity contribution in [3.63, 3.8) is 0 Å². The number of imidazole rings is 1. The van der Waals surface area contributed by atoms with Crippen molar-refractivity contribution in [2.45, 2.75) is 74.7 Å². The Bertz CT molecular complexity index is 649. The summed E-state index contributed by atoms with van der Waals surface area (Å²) in [7, 11) is 0. The number of hydrogen-bond acceptors (Lipinski definition) is 3. The van der Waals surface area contributed by atoms with Crippen LogP contribution in [0.3, 0.4) is 0 Å². The molecule has 29 heavy (non-hydrogen) atoms. The van der Waals surface area contributed by atoms with Crippen LogP contribution in [0.25, 0.3) is 0 Å². The van der Waals surface area contributed by atoms with Gasteiger partial charge in [0, 0.05) is 42.8 Å². The summed E-state index contributed by atoms with van der Waals surface area (Å²) in [6.07, 6.45) is 14.4. The van der Waals surface area contributed by atoms with Crippen LogP contribution in [0.15, 0.2) is 18.7 Å². The van der Waals surface area contributed by atoms with E-state index >= 15 is 0 Å². The van der Waals surface area contributed by atoms with Gasteiger partial charge in [0.15, 0.2) is 0 Å². The maximum absolute atomic E-state index is 13.1. The minimum atomic E-state index is 0.0288. The monoisotopic (exact) mass is 440 g/mol. The van der Waals surface area contributed by atoms with Crippen molar-refractivity contribution in [2.75, 3.05) is 19.6 Å². The standard InChI is InChI=1S/C22H34Cl2N4O/c23-20-4-3-16(11-21(20)24)13-26-22(29)18-9-17(14-27-8-5-25-15-27)10-19(12-18)28-6-1-2-7-28/h5,8,15-21H,1-4,6-7,9-14H2,(H,26,29). The van der Waals surface area contributed by atoms with Gasteiger partial charge in [0.05, 0.1) is 11.7 Å². The summed E-state index contributed by atoms with van der Waals surface area (Å²) < 4.78 is 2.16. The summed E-state index contributed by atoms with van der Waals surface area (Å²) in [5, 5.41) is 3.37. The van der Waals surface area contributed by atoms with E-state index in [1.54, 1.807) is 0 Å². The fourth-order valence-corrected chi connectivity index (χ4v) is 6.21. The Hall–Kier alpha value is -0.780. The number of rotatable bonds is 6. The average molecular weight is 441 g/mol. The summed E-state index contributed by atoms with van der Waals surface area (Å²) in [5.74, 6) is 1.33. The van der Waals surface area contributed by atoms with Crippen molar-refractivity contribution in [1.82, 2.24) is 19.8 Å². The molecule has 162 valence electrons. The number of halogens is 2. The van der Waals surface area contributed by atoms with Crippen LogP contribution in [0.5, 0.6) is 0 Å². The van der Waals surface area contributed by atoms with Crippen LogP contribution in [0.2, 0.25) is 0 Å². The molecule has 2 heterocycles. The highest BCUT2D eigenvalue weighted by Gasteiger charge is 2.37. The number of amides is 1. The molecule has 7 heteroatoms. The molecule has 6 unspecified atom stereocenters. The molecule has 6 atom stereocenters. The lowest BCUT2D eigenvalue weighted by molar-refractivity contribution is -0.127. The summed E-state index contributed by atoms with van der Waals surface area (Å²) in [4.78, 5) is 19.9. The van der Waals surface area contributed by atoms with Gasteiger partial charge in [-0.05, 0) is 76.3 Å². The second kappa shape index (κ2) is 10.0. The molecule has 1 aliphatic heterocycles. The van der Waals surface area contributed by atoms with E-state index in [1.807, 2.05) is 18.7 Å². The van der Waals surface area contributed by atoms with E-state index in [-0.39, 0.29) is 22.6 Å². The van der Waals surface area contributed by atoms with Gasteiger partial charge in [0.25, 0.3) is 0 Å². The number of alkyl halides is 2. The first-order chi connectivity index (χ1) is 14.1. The minimum absolute atomic E-state index is 0.0288. The van der Waals surface area contributed by atoms with E-state index in [4.69, 9.17) is 23.2 Å². The molecular formula is C22H34Cl2N4O. The van der Waals surface area contributed by atoms with Crippen molar-refractivity contribution in [2.24, 2.45) is 17.8 Å². The molecule has 3 aliphatic rings. The Labute approximate surface area is 184 Å². The van der Waals surface area contributed by atoms with Crippen LogP contribution >= 0.6 is 23.2 Å². The van der Waals surface area contributed by atoms with Crippen LogP contribution < -0.4 is 5.32 Å². The Balaban J connectivity index is 1.34. The minimum Gasteiger partial charge on any atom is -0.356 e. The lowest BCUT2D eigenvalue weighted by Gasteiger charge is -2.39. The van der Waals surface area contributed by atoms with E-state index in [0.29, 0.717) is 17.9 Å². The fraction of sp³-hybridized carbons (Fsp3) is 0.818. The molecular weight excluding hydrogens is 407 g/mol. The van der Waals surface area contributed by atoms with E-state index in [2.05, 4.69) is 19.8 Å². The molecule has 2 aliphatic carbocycles. The van der Waals surface area contributed by atoms with Gasteiger partial charge >= 0.3 is 0 Å². The summed E-state index contributed by atoms with van der Waals surface area (Å²) >= 11 is 12.6. The number of aromatic nitrogens is 2. The lowest BCUT2D eigenvalue weighted by Crippen LogP contribution is -2.45. The molecule has 1 aromatic heterocycles. The smallest absolute Gasteiger partial charge is 0.223 e. The van der Waals surface area contributed by atoms with Crippen molar-refractivity contribution >= 4 is 29.1 Å². The third-order valence-electron chi connectivity index (χ3n) is 7.20. The van der Waals surface area contributed by atoms with Crippen molar-refractivity contribution < 1.29 is 4.79 Å². The number of nitrogens with zero attached hydrogens (tertiary/aromatic N) is 3. The average Bonchev–Trinajstić information content (AvgIpc) is 3.42. The molecule has 1 aromatic rings. The normalized spacial score (nSPS) is 36.2. The van der Waals surface area contributed by atoms with E-state index < -0.39 is 0 Å². The molecule has 1 amide bonds. The summed E-state index contributed by atoms with van der Waals surface area (Å²) in [6.45, 7) is 4.08. The fourth-order valence-electron chi connectivity index (χ4n) is 5.60. The highest BCUT2D eigenvalue weighted by Crippen LogP contribution is 2.35. The second-order valence-electron chi connectivity index (χ2n) is 9.38. The molecule has 3 fully saturated rings. The molecule has 0 bridgehead atoms. The zero-order chi connectivity index (χ0) is 20.2. The largest absolute Gasteiger partial charge is 0.356 e. The van der Waals surface area contributed by atoms with Crippen molar-refractivity contribution in [3.05, 3.63) is 18.7 Å². The highest BCUT2D eigenvalue weighted by atomic mass is 35.5. The number of hydrogen-bond donors (Lipinski definition) is 1. The number of likely N-dealkylation sites (tertiary alicyclic amines) is 1. The maximum Gasteiger partial charge on any atom is 0.223 e. The van der Waals surface area contributed by atoms with Gasteiger partial charge in [-0.15, -0.1) is 23.2 Å². The van der Waals surface area contributed by atoms with E-state index in [1.165, 1.54) is 32.4 Å². The van der Waals surface area contributed by atoms with E-state index in [9.17, 15) is 4.79 Å². The topological polar surface area (TPSA) is 50.2 Å². The first kappa shape index (κ1) is 21.5. The third-order valence-corrected chi connectivity index (χ3v) is 8.34. The van der Waals surface area contributed by atoms with Crippen LogP contribution in [-0.2, 0) is 11.3 Å². The molecule has 4 rings (SSSR count). The van der Waals surface area contributed by atoms with Crippen LogP contribution in [-0.4, -0.2) is 56.8 Å². The second-order valence-corrected chi connectivity index (χ2v) is 10.5. The van der Waals surface area contributed by atoms with Gasteiger partial charge in [-0.1, -0.05) is 0 Å². The van der Waals surface area contributed by atoms with Gasteiger partial charge in [0.1, 0.15) is 0 Å². The molecule has 0 radical (unpaired) electrons. The predicted molar refractivity (Wildman–Crippen MR) is 117 cm³/mol. The molecule has 2 saturated carbocycles. The van der Waals surface area contributed by atoms with Crippen molar-refractivity contribution in [3.8, 4) is 0 Å². The zero-order valence-corrected chi connectivity index (χ0v) is 18.7. The first-order valence-corrected chi connectivity index (χ1v) is 12.2. The number of nitrogens with one attached hydrogen (secondary N) is 1. The summed E-state index contributed by atoms with van der Waals surface area (Å²) in [6, 6.07) is 0.537.